The first-order valence-electron chi connectivity index (χ1n) is 16.5. The number of carbonyl (C=O) groups excluding carboxylic acids is 3. The number of alkyl carbamates (subject to hydrolysis) is 1. The van der Waals surface area contributed by atoms with Gasteiger partial charge in [-0.05, 0) is 55.6 Å². The van der Waals surface area contributed by atoms with Gasteiger partial charge in [0, 0.05) is 29.7 Å². The average molecular weight is 689 g/mol. The Labute approximate surface area is 290 Å². The van der Waals surface area contributed by atoms with Crippen LogP contribution in [0.15, 0.2) is 83.3 Å². The van der Waals surface area contributed by atoms with Gasteiger partial charge in [-0.1, -0.05) is 74.5 Å². The van der Waals surface area contributed by atoms with Gasteiger partial charge in [0.25, 0.3) is 0 Å². The van der Waals surface area contributed by atoms with Gasteiger partial charge in [0.1, 0.15) is 12.6 Å². The molecule has 1 saturated carbocycles. The monoisotopic (exact) mass is 688 g/mol. The largest absolute Gasteiger partial charge is 0.444 e. The van der Waals surface area contributed by atoms with Crippen molar-refractivity contribution in [2.24, 2.45) is 5.92 Å². The smallest absolute Gasteiger partial charge is 0.407 e. The summed E-state index contributed by atoms with van der Waals surface area (Å²) in [5.41, 5.74) is 6.50. The second-order valence-corrected chi connectivity index (χ2v) is 14.2. The Kier molecular flexibility index (Phi) is 12.9. The summed E-state index contributed by atoms with van der Waals surface area (Å²) in [4.78, 5) is 51.4. The van der Waals surface area contributed by atoms with Crippen LogP contribution in [0.4, 0.5) is 9.59 Å². The molecule has 3 atom stereocenters. The maximum Gasteiger partial charge on any atom is 0.407 e. The molecule has 12 heteroatoms. The summed E-state index contributed by atoms with van der Waals surface area (Å²) in [7, 11) is 0. The zero-order chi connectivity index (χ0) is 33.7. The average Bonchev–Trinajstić information content (AvgIpc) is 3.52. The lowest BCUT2D eigenvalue weighted by Gasteiger charge is -2.29. The van der Waals surface area contributed by atoms with Gasteiger partial charge in [-0.25, -0.2) is 14.6 Å². The number of nitrogens with one attached hydrogen (secondary N) is 3. The van der Waals surface area contributed by atoms with Gasteiger partial charge in [-0.15, -0.1) is 22.7 Å². The Bertz CT molecular complexity index is 1550. The molecule has 4 amide bonds. The number of carbonyl (C=O) groups is 3. The van der Waals surface area contributed by atoms with Crippen molar-refractivity contribution in [3.05, 3.63) is 105 Å². The molecule has 10 nitrogen and oxygen atoms in total. The van der Waals surface area contributed by atoms with Gasteiger partial charge in [0.2, 0.25) is 5.91 Å². The Hall–Kier alpha value is -4.29. The Morgan fingerprint density at radius 2 is 1.54 bits per heavy atom. The number of nitrogens with zero attached hydrogens (tertiary/aromatic N) is 3. The summed E-state index contributed by atoms with van der Waals surface area (Å²) in [5, 5.41) is 11.3. The van der Waals surface area contributed by atoms with E-state index in [0.717, 1.165) is 34.5 Å². The molecule has 5 rings (SSSR count). The summed E-state index contributed by atoms with van der Waals surface area (Å²) in [6.07, 6.45) is 5.52. The van der Waals surface area contributed by atoms with Crippen molar-refractivity contribution >= 4 is 40.7 Å². The Morgan fingerprint density at radius 3 is 2.08 bits per heavy atom. The predicted molar refractivity (Wildman–Crippen MR) is 189 cm³/mol. The van der Waals surface area contributed by atoms with E-state index < -0.39 is 12.1 Å². The fraction of sp³-hybridized carbons (Fsp3) is 0.417. The van der Waals surface area contributed by atoms with Crippen molar-refractivity contribution in [3.8, 4) is 0 Å². The van der Waals surface area contributed by atoms with Crippen molar-refractivity contribution in [2.45, 2.75) is 89.7 Å². The minimum absolute atomic E-state index is 0.132. The Balaban J connectivity index is 1.26. The molecule has 2 aromatic carbocycles. The van der Waals surface area contributed by atoms with E-state index in [0.29, 0.717) is 32.2 Å². The molecule has 3 N–H and O–H groups in total. The molecule has 0 aliphatic heterocycles. The van der Waals surface area contributed by atoms with Crippen LogP contribution in [0.2, 0.25) is 0 Å². The molecule has 48 heavy (non-hydrogen) atoms. The lowest BCUT2D eigenvalue weighted by Crippen LogP contribution is -2.55. The van der Waals surface area contributed by atoms with Crippen molar-refractivity contribution in [1.82, 2.24) is 30.8 Å². The van der Waals surface area contributed by atoms with E-state index in [4.69, 9.17) is 4.74 Å². The van der Waals surface area contributed by atoms with E-state index in [-0.39, 0.29) is 42.6 Å². The molecular weight excluding hydrogens is 645 g/mol. The third-order valence-corrected chi connectivity index (χ3v) is 9.69. The van der Waals surface area contributed by atoms with E-state index in [9.17, 15) is 14.4 Å². The SMILES string of the molecule is CC(C)C(NC(=O)N(Cc1cscn1)C1CC1)C(=O)NC(CCC(Cc1ccccc1)NC(=O)OCc1cncs1)Cc1ccccc1. The molecule has 0 spiro atoms. The highest BCUT2D eigenvalue weighted by atomic mass is 32.1. The van der Waals surface area contributed by atoms with Crippen LogP contribution in [0.1, 0.15) is 61.2 Å². The zero-order valence-electron chi connectivity index (χ0n) is 27.4. The summed E-state index contributed by atoms with van der Waals surface area (Å²) in [5.74, 6) is -0.354. The first kappa shape index (κ1) is 35.0. The van der Waals surface area contributed by atoms with Crippen molar-refractivity contribution < 1.29 is 19.1 Å². The van der Waals surface area contributed by atoms with E-state index in [2.05, 4.69) is 25.9 Å². The number of benzene rings is 2. The first-order valence-corrected chi connectivity index (χ1v) is 18.3. The highest BCUT2D eigenvalue weighted by molar-refractivity contribution is 7.09. The maximum absolute atomic E-state index is 13.9. The van der Waals surface area contributed by atoms with Crippen LogP contribution < -0.4 is 16.0 Å². The van der Waals surface area contributed by atoms with Gasteiger partial charge in [-0.2, -0.15) is 0 Å². The Morgan fingerprint density at radius 1 is 0.896 bits per heavy atom. The molecule has 0 radical (unpaired) electrons. The number of hydrogen-bond acceptors (Lipinski definition) is 8. The third-order valence-electron chi connectivity index (χ3n) is 8.30. The van der Waals surface area contributed by atoms with Crippen LogP contribution in [-0.2, 0) is 35.5 Å². The molecular formula is C36H44N6O4S2. The molecule has 2 heterocycles. The maximum atomic E-state index is 13.9. The fourth-order valence-corrected chi connectivity index (χ4v) is 6.65. The lowest BCUT2D eigenvalue weighted by atomic mass is 9.95. The molecule has 3 unspecified atom stereocenters. The second-order valence-electron chi connectivity index (χ2n) is 12.6. The van der Waals surface area contributed by atoms with Gasteiger partial charge in [-0.3, -0.25) is 9.78 Å². The van der Waals surface area contributed by atoms with E-state index in [1.54, 1.807) is 22.1 Å². The summed E-state index contributed by atoms with van der Waals surface area (Å²) >= 11 is 2.94. The molecule has 254 valence electrons. The third kappa shape index (κ3) is 11.2. The van der Waals surface area contributed by atoms with Crippen LogP contribution in [0.3, 0.4) is 0 Å². The van der Waals surface area contributed by atoms with Crippen LogP contribution in [0.25, 0.3) is 0 Å². The number of ether oxygens (including phenoxy) is 1. The van der Waals surface area contributed by atoms with Crippen molar-refractivity contribution in [2.75, 3.05) is 0 Å². The zero-order valence-corrected chi connectivity index (χ0v) is 29.1. The standard InChI is InChI=1S/C36H44N6O4S2/c1-25(2)33(41-35(44)42(31-15-16-31)20-30-22-47-24-38-30)34(43)39-28(17-26-9-5-3-6-10-26)13-14-29(18-27-11-7-4-8-12-27)40-36(45)46-21-32-19-37-23-48-32/h3-12,19,22-25,28-29,31,33H,13-18,20-21H2,1-2H3,(H,39,43)(H,40,45)(H,41,44). The molecule has 1 aliphatic rings. The summed E-state index contributed by atoms with van der Waals surface area (Å²) in [6.45, 7) is 4.46. The molecule has 1 fully saturated rings. The predicted octanol–water partition coefficient (Wildman–Crippen LogP) is 6.34. The van der Waals surface area contributed by atoms with Crippen molar-refractivity contribution in [3.63, 3.8) is 0 Å². The highest BCUT2D eigenvalue weighted by Crippen LogP contribution is 2.28. The van der Waals surface area contributed by atoms with Crippen LogP contribution in [0.5, 0.6) is 0 Å². The molecule has 0 saturated heterocycles. The number of rotatable bonds is 17. The minimum atomic E-state index is -0.715. The van der Waals surface area contributed by atoms with Gasteiger partial charge in [0.05, 0.1) is 28.1 Å². The van der Waals surface area contributed by atoms with E-state index >= 15 is 0 Å². The normalized spacial score (nSPS) is 14.5. The quantitative estimate of drug-likeness (QED) is 0.119. The lowest BCUT2D eigenvalue weighted by molar-refractivity contribution is -0.124. The van der Waals surface area contributed by atoms with E-state index in [1.165, 1.54) is 22.7 Å². The van der Waals surface area contributed by atoms with Gasteiger partial charge < -0.3 is 25.6 Å². The number of urea groups is 1. The second kappa shape index (κ2) is 17.7. The fourth-order valence-electron chi connectivity index (χ4n) is 5.59. The molecule has 0 bridgehead atoms. The molecule has 4 aromatic rings. The van der Waals surface area contributed by atoms with Crippen molar-refractivity contribution in [1.29, 1.82) is 0 Å². The summed E-state index contributed by atoms with van der Waals surface area (Å²) < 4.78 is 5.49. The number of thiazole rings is 2. The van der Waals surface area contributed by atoms with Crippen LogP contribution in [0, 0.1) is 5.92 Å². The number of aromatic nitrogens is 2. The minimum Gasteiger partial charge on any atom is -0.444 e. The summed E-state index contributed by atoms with van der Waals surface area (Å²) in [6, 6.07) is 18.8. The highest BCUT2D eigenvalue weighted by Gasteiger charge is 2.36. The first-order chi connectivity index (χ1) is 23.3. The molecule has 1 aliphatic carbocycles. The number of hydrogen-bond donors (Lipinski definition) is 3. The van der Waals surface area contributed by atoms with Gasteiger partial charge in [0.15, 0.2) is 0 Å². The van der Waals surface area contributed by atoms with E-state index in [1.807, 2.05) is 79.9 Å². The van der Waals surface area contributed by atoms with Gasteiger partial charge >= 0.3 is 12.1 Å². The van der Waals surface area contributed by atoms with Crippen LogP contribution in [-0.4, -0.2) is 57.1 Å². The topological polar surface area (TPSA) is 126 Å². The molecule has 2 aromatic heterocycles. The van der Waals surface area contributed by atoms with Crippen LogP contribution >= 0.6 is 22.7 Å². The number of amides is 4.